The van der Waals surface area contributed by atoms with E-state index in [1.807, 2.05) is 0 Å². The standard InChI is InChI=1S/C77H72N2O2/c1-73(2,3)49-31-39-55(40-32-49)78(56-41-33-50(34-42-56)74(4,5)6)63-47-62-70(72-67(63)59-27-19-21-29-65(59)81-72)69-61(77(62,53-23-15-13-16-24-53)54-25-17-14-18-26-54)48-64(71-68(69)60-28-20-22-30-66(60)80-71)79(57-43-35-51(36-44-57)75(7,8)9)58-45-37-52(38-46-58)76(10,11)12/h13-48H,1-12H3. The topological polar surface area (TPSA) is 32.8 Å². The summed E-state index contributed by atoms with van der Waals surface area (Å²) < 4.78 is 15.0. The van der Waals surface area contributed by atoms with Gasteiger partial charge in [0.15, 0.2) is 5.58 Å². The van der Waals surface area contributed by atoms with E-state index in [1.165, 1.54) is 22.3 Å². The van der Waals surface area contributed by atoms with E-state index in [4.69, 9.17) is 8.83 Å². The van der Waals surface area contributed by atoms with E-state index < -0.39 is 5.41 Å². The first kappa shape index (κ1) is 51.8. The molecule has 81 heavy (non-hydrogen) atoms. The lowest BCUT2D eigenvalue weighted by atomic mass is 9.67. The summed E-state index contributed by atoms with van der Waals surface area (Å²) in [6.07, 6.45) is 0. The van der Waals surface area contributed by atoms with Crippen LogP contribution in [0.5, 0.6) is 0 Å². The molecule has 1 aliphatic rings. The summed E-state index contributed by atoms with van der Waals surface area (Å²) in [6, 6.07) is 81.4. The lowest BCUT2D eigenvalue weighted by Gasteiger charge is -2.36. The van der Waals surface area contributed by atoms with Crippen LogP contribution in [0.4, 0.5) is 34.1 Å². The van der Waals surface area contributed by atoms with Crippen LogP contribution in [0.25, 0.3) is 55.0 Å². The molecule has 0 amide bonds. The summed E-state index contributed by atoms with van der Waals surface area (Å²) >= 11 is 0. The minimum Gasteiger partial charge on any atom is -0.455 e. The van der Waals surface area contributed by atoms with Crippen LogP contribution in [-0.2, 0) is 27.1 Å². The zero-order valence-corrected chi connectivity index (χ0v) is 49.0. The number of anilines is 6. The number of hydrogen-bond donors (Lipinski definition) is 0. The molecule has 0 N–H and O–H groups in total. The first-order valence-electron chi connectivity index (χ1n) is 28.8. The highest BCUT2D eigenvalue weighted by molar-refractivity contribution is 6.26. The Morgan fingerprint density at radius 3 is 1.02 bits per heavy atom. The lowest BCUT2D eigenvalue weighted by Crippen LogP contribution is -2.29. The Kier molecular flexibility index (Phi) is 12.0. The molecule has 0 saturated carbocycles. The minimum atomic E-state index is -0.883. The van der Waals surface area contributed by atoms with E-state index in [1.54, 1.807) is 0 Å². The third kappa shape index (κ3) is 8.48. The Morgan fingerprint density at radius 2 is 0.630 bits per heavy atom. The van der Waals surface area contributed by atoms with Gasteiger partial charge in [-0.25, -0.2) is 0 Å². The maximum atomic E-state index is 7.57. The molecule has 4 nitrogen and oxygen atoms in total. The number of para-hydroxylation sites is 2. The predicted molar refractivity (Wildman–Crippen MR) is 342 cm³/mol. The van der Waals surface area contributed by atoms with Gasteiger partial charge in [-0.15, -0.1) is 0 Å². The second kappa shape index (κ2) is 18.7. The minimum absolute atomic E-state index is 0.0289. The molecule has 2 heterocycles. The summed E-state index contributed by atoms with van der Waals surface area (Å²) in [7, 11) is 0. The third-order valence-corrected chi connectivity index (χ3v) is 17.2. The van der Waals surface area contributed by atoms with Crippen LogP contribution in [0.15, 0.2) is 227 Å². The number of fused-ring (bicyclic) bond motifs is 11. The highest BCUT2D eigenvalue weighted by Crippen LogP contribution is 2.64. The van der Waals surface area contributed by atoms with Gasteiger partial charge in [0.1, 0.15) is 16.7 Å². The Hall–Kier alpha value is -8.60. The fourth-order valence-electron chi connectivity index (χ4n) is 12.8. The van der Waals surface area contributed by atoms with Gasteiger partial charge in [-0.3, -0.25) is 0 Å². The van der Waals surface area contributed by atoms with Gasteiger partial charge in [0.05, 0.1) is 22.2 Å². The molecule has 10 aromatic carbocycles. The van der Waals surface area contributed by atoms with Crippen molar-refractivity contribution < 1.29 is 8.83 Å². The van der Waals surface area contributed by atoms with Crippen molar-refractivity contribution in [2.24, 2.45) is 0 Å². The zero-order chi connectivity index (χ0) is 56.4. The van der Waals surface area contributed by atoms with Gasteiger partial charge in [0.2, 0.25) is 0 Å². The molecule has 402 valence electrons. The van der Waals surface area contributed by atoms with Crippen molar-refractivity contribution in [2.45, 2.75) is 110 Å². The summed E-state index contributed by atoms with van der Waals surface area (Å²) in [6.45, 7) is 27.4. The van der Waals surface area contributed by atoms with Gasteiger partial charge in [-0.05, 0) is 139 Å². The van der Waals surface area contributed by atoms with Crippen molar-refractivity contribution in [3.8, 4) is 11.1 Å². The molecule has 0 unspecified atom stereocenters. The molecule has 0 spiro atoms. The van der Waals surface area contributed by atoms with Crippen LogP contribution in [0.1, 0.15) is 128 Å². The van der Waals surface area contributed by atoms with Gasteiger partial charge in [-0.2, -0.15) is 0 Å². The Morgan fingerprint density at radius 1 is 0.309 bits per heavy atom. The SMILES string of the molecule is CC(C)(C)c1ccc(N(c2ccc(C(C)(C)C)cc2)c2cc3c(c4c2oc2ccccc24)-c2c(cc(N(c4ccc(C(C)(C)C)cc4)c4ccc(C(C)(C)C)cc4)c4c2oc2ccccc24)C3(c2ccccc2)c2ccccc2)cc1. The van der Waals surface area contributed by atoms with E-state index in [0.29, 0.717) is 0 Å². The van der Waals surface area contributed by atoms with Gasteiger partial charge < -0.3 is 18.6 Å². The van der Waals surface area contributed by atoms with E-state index >= 15 is 0 Å². The molecule has 0 aliphatic heterocycles. The smallest absolute Gasteiger partial charge is 0.160 e. The monoisotopic (exact) mass is 1060 g/mol. The van der Waals surface area contributed by atoms with Crippen LogP contribution >= 0.6 is 0 Å². The molecule has 0 radical (unpaired) electrons. The molecule has 2 aromatic heterocycles. The molecule has 4 heteroatoms. The van der Waals surface area contributed by atoms with E-state index in [9.17, 15) is 0 Å². The van der Waals surface area contributed by atoms with Gasteiger partial charge in [-0.1, -0.05) is 229 Å². The van der Waals surface area contributed by atoms with Crippen molar-refractivity contribution in [3.05, 3.63) is 263 Å². The van der Waals surface area contributed by atoms with E-state index in [-0.39, 0.29) is 21.7 Å². The van der Waals surface area contributed by atoms with E-state index in [2.05, 4.69) is 311 Å². The molecule has 0 bridgehead atoms. The van der Waals surface area contributed by atoms with Crippen molar-refractivity contribution in [2.75, 3.05) is 9.80 Å². The van der Waals surface area contributed by atoms with Crippen molar-refractivity contribution in [3.63, 3.8) is 0 Å². The quantitative estimate of drug-likeness (QED) is 0.152. The largest absolute Gasteiger partial charge is 0.455 e. The van der Waals surface area contributed by atoms with Crippen molar-refractivity contribution in [1.82, 2.24) is 0 Å². The average Bonchev–Trinajstić information content (AvgIpc) is 2.21. The molecule has 0 saturated heterocycles. The number of nitrogens with zero attached hydrogens (tertiary/aromatic N) is 2. The van der Waals surface area contributed by atoms with Gasteiger partial charge in [0.25, 0.3) is 0 Å². The highest BCUT2D eigenvalue weighted by atomic mass is 16.3. The molecule has 1 aliphatic carbocycles. The number of benzene rings is 10. The lowest BCUT2D eigenvalue weighted by molar-refractivity contribution is 0.590. The molecule has 0 atom stereocenters. The third-order valence-electron chi connectivity index (χ3n) is 17.2. The maximum Gasteiger partial charge on any atom is 0.160 e. The van der Waals surface area contributed by atoms with Gasteiger partial charge >= 0.3 is 0 Å². The second-order valence-corrected chi connectivity index (χ2v) is 26.6. The zero-order valence-electron chi connectivity index (χ0n) is 49.0. The first-order chi connectivity index (χ1) is 38.7. The second-order valence-electron chi connectivity index (χ2n) is 26.6. The number of hydrogen-bond acceptors (Lipinski definition) is 4. The van der Waals surface area contributed by atoms with Crippen LogP contribution < -0.4 is 9.80 Å². The number of rotatable bonds is 8. The fraction of sp³-hybridized carbons (Fsp3) is 0.221. The highest BCUT2D eigenvalue weighted by Gasteiger charge is 2.50. The van der Waals surface area contributed by atoms with Crippen LogP contribution in [0.3, 0.4) is 0 Å². The number of furan rings is 2. The fourth-order valence-corrected chi connectivity index (χ4v) is 12.8. The van der Waals surface area contributed by atoms with Crippen LogP contribution in [0.2, 0.25) is 0 Å². The Bertz CT molecular complexity index is 4170. The molecule has 12 aromatic rings. The average molecular weight is 1060 g/mol. The summed E-state index contributed by atoms with van der Waals surface area (Å²) in [4.78, 5) is 4.91. The molecule has 13 rings (SSSR count). The van der Waals surface area contributed by atoms with Crippen molar-refractivity contribution in [1.29, 1.82) is 0 Å². The summed E-state index contributed by atoms with van der Waals surface area (Å²) in [5, 5.41) is 4.21. The molecule has 0 fully saturated rings. The van der Waals surface area contributed by atoms with E-state index in [0.717, 1.165) is 111 Å². The molecular weight excluding hydrogens is 985 g/mol. The Labute approximate surface area is 478 Å². The summed E-state index contributed by atoms with van der Waals surface area (Å²) in [5.74, 6) is 0. The van der Waals surface area contributed by atoms with Crippen LogP contribution in [0, 0.1) is 0 Å². The Balaban J connectivity index is 1.22. The summed E-state index contributed by atoms with van der Waals surface area (Å²) in [5.41, 5.74) is 20.4. The van der Waals surface area contributed by atoms with Crippen LogP contribution in [-0.4, -0.2) is 0 Å². The normalized spacial score (nSPS) is 13.5. The predicted octanol–water partition coefficient (Wildman–Crippen LogP) is 22.0. The van der Waals surface area contributed by atoms with Gasteiger partial charge in [0, 0.05) is 50.0 Å². The van der Waals surface area contributed by atoms with Crippen molar-refractivity contribution >= 4 is 78.0 Å². The molecular formula is C77H72N2O2. The first-order valence-corrected chi connectivity index (χ1v) is 28.8. The maximum absolute atomic E-state index is 7.57.